The molecule has 162 valence electrons. The molecule has 0 fully saturated rings. The summed E-state index contributed by atoms with van der Waals surface area (Å²) in [5, 5.41) is 7.81. The fourth-order valence-electron chi connectivity index (χ4n) is 2.95. The summed E-state index contributed by atoms with van der Waals surface area (Å²) in [6.07, 6.45) is 0.0828. The van der Waals surface area contributed by atoms with Crippen LogP contribution in [0.3, 0.4) is 0 Å². The SMILES string of the molecule is C/C(=N\OC(=O)Cc1cccc(CC(=O)O/N=C(\C)c2ccccc2)c1)c1ccccc1. The Labute approximate surface area is 187 Å². The molecule has 0 spiro atoms. The van der Waals surface area contributed by atoms with Crippen molar-refractivity contribution >= 4 is 23.4 Å². The zero-order valence-corrected chi connectivity index (χ0v) is 18.0. The van der Waals surface area contributed by atoms with Gasteiger partial charge in [0.05, 0.1) is 24.3 Å². The van der Waals surface area contributed by atoms with Crippen LogP contribution in [-0.4, -0.2) is 23.4 Å². The Balaban J connectivity index is 1.53. The first-order valence-electron chi connectivity index (χ1n) is 10.2. The number of rotatable bonds is 8. The van der Waals surface area contributed by atoms with E-state index in [2.05, 4.69) is 10.3 Å². The van der Waals surface area contributed by atoms with Crippen LogP contribution in [0.4, 0.5) is 0 Å². The van der Waals surface area contributed by atoms with Crippen molar-refractivity contribution in [1.82, 2.24) is 0 Å². The number of carbonyl (C=O) groups excluding carboxylic acids is 2. The summed E-state index contributed by atoms with van der Waals surface area (Å²) in [5.41, 5.74) is 4.43. The van der Waals surface area contributed by atoms with E-state index in [0.717, 1.165) is 22.3 Å². The zero-order chi connectivity index (χ0) is 22.8. The van der Waals surface area contributed by atoms with Gasteiger partial charge in [0.2, 0.25) is 0 Å². The molecule has 3 aromatic rings. The molecule has 0 aliphatic heterocycles. The third-order valence-corrected chi connectivity index (χ3v) is 4.64. The Morgan fingerprint density at radius 2 is 1.03 bits per heavy atom. The molecular weight excluding hydrogens is 404 g/mol. The lowest BCUT2D eigenvalue weighted by Crippen LogP contribution is -2.09. The predicted octanol–water partition coefficient (Wildman–Crippen LogP) is 4.71. The molecule has 0 N–H and O–H groups in total. The molecule has 32 heavy (non-hydrogen) atoms. The summed E-state index contributed by atoms with van der Waals surface area (Å²) in [6, 6.07) is 26.1. The minimum atomic E-state index is -0.483. The average molecular weight is 428 g/mol. The molecule has 0 saturated carbocycles. The largest absolute Gasteiger partial charge is 0.339 e. The molecule has 0 atom stereocenters. The van der Waals surface area contributed by atoms with E-state index in [1.807, 2.05) is 60.7 Å². The van der Waals surface area contributed by atoms with Gasteiger partial charge in [-0.3, -0.25) is 0 Å². The standard InChI is InChI=1S/C26H24N2O4/c1-19(23-12-5-3-6-13-23)27-31-25(29)17-21-10-9-11-22(16-21)18-26(30)32-28-20(2)24-14-7-4-8-15-24/h3-16H,17-18H2,1-2H3/b27-19+,28-20+. The lowest BCUT2D eigenvalue weighted by molar-refractivity contribution is -0.143. The highest BCUT2D eigenvalue weighted by Gasteiger charge is 2.10. The summed E-state index contributed by atoms with van der Waals surface area (Å²) in [5.74, 6) is -0.966. The Bertz CT molecular complexity index is 1040. The molecule has 0 unspecified atom stereocenters. The van der Waals surface area contributed by atoms with Crippen LogP contribution >= 0.6 is 0 Å². The van der Waals surface area contributed by atoms with Crippen LogP contribution in [0.5, 0.6) is 0 Å². The van der Waals surface area contributed by atoms with Gasteiger partial charge in [0, 0.05) is 0 Å². The van der Waals surface area contributed by atoms with E-state index in [0.29, 0.717) is 11.4 Å². The lowest BCUT2D eigenvalue weighted by Gasteiger charge is -2.05. The van der Waals surface area contributed by atoms with Crippen LogP contribution in [0.2, 0.25) is 0 Å². The first kappa shape index (κ1) is 22.6. The highest BCUT2D eigenvalue weighted by atomic mass is 16.7. The van der Waals surface area contributed by atoms with Gasteiger partial charge in [-0.25, -0.2) is 9.59 Å². The van der Waals surface area contributed by atoms with Gasteiger partial charge in [-0.05, 0) is 36.1 Å². The highest BCUT2D eigenvalue weighted by Crippen LogP contribution is 2.10. The minimum Gasteiger partial charge on any atom is -0.318 e. The van der Waals surface area contributed by atoms with E-state index >= 15 is 0 Å². The summed E-state index contributed by atoms with van der Waals surface area (Å²) < 4.78 is 0. The maximum absolute atomic E-state index is 12.2. The molecule has 0 aliphatic carbocycles. The van der Waals surface area contributed by atoms with Gasteiger partial charge in [-0.1, -0.05) is 95.2 Å². The highest BCUT2D eigenvalue weighted by molar-refractivity contribution is 5.99. The smallest absolute Gasteiger partial charge is 0.318 e. The van der Waals surface area contributed by atoms with Crippen molar-refractivity contribution in [2.24, 2.45) is 10.3 Å². The van der Waals surface area contributed by atoms with E-state index in [1.54, 1.807) is 38.1 Å². The first-order valence-corrected chi connectivity index (χ1v) is 10.2. The summed E-state index contributed by atoms with van der Waals surface area (Å²) in [4.78, 5) is 34.4. The molecule has 0 radical (unpaired) electrons. The van der Waals surface area contributed by atoms with Gasteiger partial charge in [0.25, 0.3) is 0 Å². The van der Waals surface area contributed by atoms with E-state index in [-0.39, 0.29) is 12.8 Å². The van der Waals surface area contributed by atoms with Crippen molar-refractivity contribution in [3.8, 4) is 0 Å². The van der Waals surface area contributed by atoms with Crippen LogP contribution in [0.15, 0.2) is 95.2 Å². The maximum Gasteiger partial charge on any atom is 0.339 e. The van der Waals surface area contributed by atoms with Gasteiger partial charge in [-0.2, -0.15) is 0 Å². The van der Waals surface area contributed by atoms with Gasteiger partial charge in [0.15, 0.2) is 0 Å². The molecule has 0 saturated heterocycles. The van der Waals surface area contributed by atoms with Gasteiger partial charge in [-0.15, -0.1) is 0 Å². The van der Waals surface area contributed by atoms with E-state index < -0.39 is 11.9 Å². The van der Waals surface area contributed by atoms with Crippen LogP contribution < -0.4 is 0 Å². The molecule has 0 amide bonds. The maximum atomic E-state index is 12.2. The predicted molar refractivity (Wildman–Crippen MR) is 123 cm³/mol. The van der Waals surface area contributed by atoms with E-state index in [4.69, 9.17) is 9.68 Å². The Hall–Kier alpha value is -4.06. The number of nitrogens with zero attached hydrogens (tertiary/aromatic N) is 2. The fourth-order valence-corrected chi connectivity index (χ4v) is 2.95. The minimum absolute atomic E-state index is 0.0414. The molecule has 3 aromatic carbocycles. The normalized spacial score (nSPS) is 11.7. The van der Waals surface area contributed by atoms with E-state index in [1.165, 1.54) is 0 Å². The summed E-state index contributed by atoms with van der Waals surface area (Å²) >= 11 is 0. The second-order valence-corrected chi connectivity index (χ2v) is 7.19. The topological polar surface area (TPSA) is 77.3 Å². The summed E-state index contributed by atoms with van der Waals surface area (Å²) in [7, 11) is 0. The van der Waals surface area contributed by atoms with Crippen LogP contribution in [0.1, 0.15) is 36.1 Å². The molecule has 0 bridgehead atoms. The molecule has 6 nitrogen and oxygen atoms in total. The second-order valence-electron chi connectivity index (χ2n) is 7.19. The van der Waals surface area contributed by atoms with Gasteiger partial charge in [0.1, 0.15) is 0 Å². The molecule has 3 rings (SSSR count). The van der Waals surface area contributed by atoms with Crippen molar-refractivity contribution < 1.29 is 19.3 Å². The van der Waals surface area contributed by atoms with E-state index in [9.17, 15) is 9.59 Å². The average Bonchev–Trinajstić information content (AvgIpc) is 2.82. The number of hydrogen-bond acceptors (Lipinski definition) is 6. The van der Waals surface area contributed by atoms with Crippen molar-refractivity contribution in [2.45, 2.75) is 26.7 Å². The third kappa shape index (κ3) is 7.02. The third-order valence-electron chi connectivity index (χ3n) is 4.64. The van der Waals surface area contributed by atoms with Crippen molar-refractivity contribution in [3.05, 3.63) is 107 Å². The zero-order valence-electron chi connectivity index (χ0n) is 18.0. The molecule has 0 aliphatic rings. The number of hydrogen-bond donors (Lipinski definition) is 0. The fraction of sp³-hybridized carbons (Fsp3) is 0.154. The van der Waals surface area contributed by atoms with Gasteiger partial charge < -0.3 is 9.68 Å². The van der Waals surface area contributed by atoms with Crippen molar-refractivity contribution in [2.75, 3.05) is 0 Å². The van der Waals surface area contributed by atoms with Crippen LogP contribution in [-0.2, 0) is 32.1 Å². The van der Waals surface area contributed by atoms with Crippen molar-refractivity contribution in [3.63, 3.8) is 0 Å². The molecule has 0 aromatic heterocycles. The van der Waals surface area contributed by atoms with Crippen LogP contribution in [0, 0.1) is 0 Å². The van der Waals surface area contributed by atoms with Crippen LogP contribution in [0.25, 0.3) is 0 Å². The number of oxime groups is 2. The van der Waals surface area contributed by atoms with Gasteiger partial charge >= 0.3 is 11.9 Å². The second kappa shape index (κ2) is 11.4. The monoisotopic (exact) mass is 428 g/mol. The quantitative estimate of drug-likeness (QED) is 0.296. The lowest BCUT2D eigenvalue weighted by atomic mass is 10.1. The molecular formula is C26H24N2O4. The Morgan fingerprint density at radius 3 is 1.44 bits per heavy atom. The molecule has 6 heteroatoms. The number of carbonyl (C=O) groups is 2. The molecule has 0 heterocycles. The Kier molecular flexibility index (Phi) is 8.03. The number of benzene rings is 3. The van der Waals surface area contributed by atoms with Crippen molar-refractivity contribution in [1.29, 1.82) is 0 Å². The first-order chi connectivity index (χ1) is 15.5. The Morgan fingerprint density at radius 1 is 0.625 bits per heavy atom. The summed E-state index contributed by atoms with van der Waals surface area (Å²) in [6.45, 7) is 3.55.